The molecular formula is C21H20N4O3. The molecule has 0 amide bonds. The SMILES string of the molecule is Cc1oc(-c2ccccc2)nc1COC(=O)c1cnc2c(cnn2C(C)C)c1. The molecule has 0 aliphatic carbocycles. The average molecular weight is 376 g/mol. The minimum atomic E-state index is -0.463. The molecule has 142 valence electrons. The third-order valence-electron chi connectivity index (χ3n) is 4.41. The van der Waals surface area contributed by atoms with Crippen LogP contribution >= 0.6 is 0 Å². The summed E-state index contributed by atoms with van der Waals surface area (Å²) < 4.78 is 12.9. The van der Waals surface area contributed by atoms with Gasteiger partial charge in [0, 0.05) is 23.2 Å². The van der Waals surface area contributed by atoms with Gasteiger partial charge in [-0.3, -0.25) is 0 Å². The van der Waals surface area contributed by atoms with E-state index in [-0.39, 0.29) is 12.6 Å². The first-order valence-corrected chi connectivity index (χ1v) is 9.05. The van der Waals surface area contributed by atoms with E-state index < -0.39 is 5.97 Å². The number of aromatic nitrogens is 4. The molecule has 4 rings (SSSR count). The fraction of sp³-hybridized carbons (Fsp3) is 0.238. The average Bonchev–Trinajstić information content (AvgIpc) is 3.29. The summed E-state index contributed by atoms with van der Waals surface area (Å²) in [5.74, 6) is 0.669. The number of pyridine rings is 1. The zero-order chi connectivity index (χ0) is 19.7. The van der Waals surface area contributed by atoms with E-state index in [1.165, 1.54) is 6.20 Å². The second kappa shape index (κ2) is 7.26. The molecule has 7 nitrogen and oxygen atoms in total. The smallest absolute Gasteiger partial charge is 0.340 e. The topological polar surface area (TPSA) is 83.0 Å². The Morgan fingerprint density at radius 1 is 1.21 bits per heavy atom. The maximum Gasteiger partial charge on any atom is 0.340 e. The number of benzene rings is 1. The fourth-order valence-corrected chi connectivity index (χ4v) is 2.91. The zero-order valence-corrected chi connectivity index (χ0v) is 15.9. The van der Waals surface area contributed by atoms with Crippen LogP contribution < -0.4 is 0 Å². The molecule has 4 aromatic rings. The van der Waals surface area contributed by atoms with Gasteiger partial charge in [-0.05, 0) is 39.0 Å². The Bertz CT molecular complexity index is 1130. The first-order chi connectivity index (χ1) is 13.5. The minimum Gasteiger partial charge on any atom is -0.455 e. The van der Waals surface area contributed by atoms with Crippen molar-refractivity contribution in [1.82, 2.24) is 19.7 Å². The van der Waals surface area contributed by atoms with Gasteiger partial charge in [0.25, 0.3) is 0 Å². The summed E-state index contributed by atoms with van der Waals surface area (Å²) in [6, 6.07) is 11.5. The van der Waals surface area contributed by atoms with Gasteiger partial charge in [0.15, 0.2) is 5.65 Å². The van der Waals surface area contributed by atoms with E-state index in [1.807, 2.05) is 48.9 Å². The van der Waals surface area contributed by atoms with Crippen LogP contribution in [0.3, 0.4) is 0 Å². The lowest BCUT2D eigenvalue weighted by Gasteiger charge is -2.06. The third kappa shape index (κ3) is 3.38. The van der Waals surface area contributed by atoms with Crippen LogP contribution in [-0.4, -0.2) is 25.7 Å². The Hall–Kier alpha value is -3.48. The fourth-order valence-electron chi connectivity index (χ4n) is 2.91. The van der Waals surface area contributed by atoms with Crippen molar-refractivity contribution in [1.29, 1.82) is 0 Å². The molecule has 0 saturated carbocycles. The van der Waals surface area contributed by atoms with Gasteiger partial charge >= 0.3 is 5.97 Å². The number of ether oxygens (including phenoxy) is 1. The highest BCUT2D eigenvalue weighted by molar-refractivity contribution is 5.92. The molecule has 0 spiro atoms. The van der Waals surface area contributed by atoms with Gasteiger partial charge < -0.3 is 9.15 Å². The largest absolute Gasteiger partial charge is 0.455 e. The predicted octanol–water partition coefficient (Wildman–Crippen LogP) is 4.33. The molecule has 0 bridgehead atoms. The highest BCUT2D eigenvalue weighted by Gasteiger charge is 2.16. The van der Waals surface area contributed by atoms with Crippen LogP contribution in [-0.2, 0) is 11.3 Å². The van der Waals surface area contributed by atoms with Gasteiger partial charge in [-0.1, -0.05) is 18.2 Å². The van der Waals surface area contributed by atoms with Crippen molar-refractivity contribution in [3.05, 3.63) is 65.8 Å². The Morgan fingerprint density at radius 2 is 2.00 bits per heavy atom. The molecule has 0 fully saturated rings. The lowest BCUT2D eigenvalue weighted by molar-refractivity contribution is 0.0466. The minimum absolute atomic E-state index is 0.0320. The van der Waals surface area contributed by atoms with Crippen molar-refractivity contribution in [2.75, 3.05) is 0 Å². The number of aryl methyl sites for hydroxylation is 1. The summed E-state index contributed by atoms with van der Waals surface area (Å²) in [7, 11) is 0. The molecule has 0 N–H and O–H groups in total. The van der Waals surface area contributed by atoms with Crippen molar-refractivity contribution >= 4 is 17.0 Å². The van der Waals surface area contributed by atoms with Crippen LogP contribution in [0.25, 0.3) is 22.5 Å². The van der Waals surface area contributed by atoms with Crippen molar-refractivity contribution in [3.8, 4) is 11.5 Å². The molecule has 28 heavy (non-hydrogen) atoms. The van der Waals surface area contributed by atoms with Crippen molar-refractivity contribution < 1.29 is 13.9 Å². The molecular weight excluding hydrogens is 356 g/mol. The van der Waals surface area contributed by atoms with E-state index in [4.69, 9.17) is 9.15 Å². The zero-order valence-electron chi connectivity index (χ0n) is 15.9. The molecule has 0 saturated heterocycles. The number of carbonyl (C=O) groups is 1. The van der Waals surface area contributed by atoms with Crippen molar-refractivity contribution in [2.24, 2.45) is 0 Å². The second-order valence-electron chi connectivity index (χ2n) is 6.78. The molecule has 0 aliphatic rings. The van der Waals surface area contributed by atoms with Crippen LogP contribution in [0.5, 0.6) is 0 Å². The highest BCUT2D eigenvalue weighted by atomic mass is 16.5. The molecule has 0 atom stereocenters. The van der Waals surface area contributed by atoms with Crippen LogP contribution in [0.2, 0.25) is 0 Å². The monoisotopic (exact) mass is 376 g/mol. The second-order valence-corrected chi connectivity index (χ2v) is 6.78. The number of hydrogen-bond donors (Lipinski definition) is 0. The number of oxazole rings is 1. The molecule has 0 radical (unpaired) electrons. The number of esters is 1. The molecule has 3 aromatic heterocycles. The van der Waals surface area contributed by atoms with Crippen molar-refractivity contribution in [2.45, 2.75) is 33.4 Å². The van der Waals surface area contributed by atoms with Gasteiger partial charge in [0.05, 0.1) is 11.8 Å². The van der Waals surface area contributed by atoms with Gasteiger partial charge in [-0.15, -0.1) is 0 Å². The van der Waals surface area contributed by atoms with Gasteiger partial charge in [-0.25, -0.2) is 19.4 Å². The summed E-state index contributed by atoms with van der Waals surface area (Å²) in [6.07, 6.45) is 3.21. The number of rotatable bonds is 5. The van der Waals surface area contributed by atoms with Crippen LogP contribution in [0.1, 0.15) is 41.7 Å². The summed E-state index contributed by atoms with van der Waals surface area (Å²) in [5, 5.41) is 5.11. The molecule has 7 heteroatoms. The maximum atomic E-state index is 12.4. The molecule has 1 aromatic carbocycles. The van der Waals surface area contributed by atoms with Gasteiger partial charge in [0.1, 0.15) is 18.1 Å². The maximum absolute atomic E-state index is 12.4. The number of fused-ring (bicyclic) bond motifs is 1. The third-order valence-corrected chi connectivity index (χ3v) is 4.41. The van der Waals surface area contributed by atoms with E-state index in [1.54, 1.807) is 19.2 Å². The van der Waals surface area contributed by atoms with E-state index in [2.05, 4.69) is 15.1 Å². The Morgan fingerprint density at radius 3 is 2.75 bits per heavy atom. The van der Waals surface area contributed by atoms with E-state index in [0.717, 1.165) is 16.6 Å². The lowest BCUT2D eigenvalue weighted by atomic mass is 10.2. The Balaban J connectivity index is 1.49. The first-order valence-electron chi connectivity index (χ1n) is 9.05. The summed E-state index contributed by atoms with van der Waals surface area (Å²) in [5.41, 5.74) is 2.58. The van der Waals surface area contributed by atoms with Crippen LogP contribution in [0.4, 0.5) is 0 Å². The number of nitrogens with zero attached hydrogens (tertiary/aromatic N) is 4. The predicted molar refractivity (Wildman–Crippen MR) is 104 cm³/mol. The summed E-state index contributed by atoms with van der Waals surface area (Å²) in [4.78, 5) is 21.3. The standard InChI is InChI=1S/C21H20N4O3/c1-13(2)25-19-16(11-23-25)9-17(10-22-19)21(26)27-12-18-14(3)28-20(24-18)15-7-5-4-6-8-15/h4-11,13H,12H2,1-3H3. The number of hydrogen-bond acceptors (Lipinski definition) is 6. The summed E-state index contributed by atoms with van der Waals surface area (Å²) in [6.45, 7) is 5.89. The molecule has 0 unspecified atom stereocenters. The summed E-state index contributed by atoms with van der Waals surface area (Å²) >= 11 is 0. The van der Waals surface area contributed by atoms with Gasteiger partial charge in [-0.2, -0.15) is 5.10 Å². The quantitative estimate of drug-likeness (QED) is 0.482. The normalized spacial score (nSPS) is 11.3. The first kappa shape index (κ1) is 17.9. The molecule has 3 heterocycles. The van der Waals surface area contributed by atoms with E-state index >= 15 is 0 Å². The van der Waals surface area contributed by atoms with Crippen molar-refractivity contribution in [3.63, 3.8) is 0 Å². The van der Waals surface area contributed by atoms with E-state index in [0.29, 0.717) is 22.9 Å². The lowest BCUT2D eigenvalue weighted by Crippen LogP contribution is -2.07. The van der Waals surface area contributed by atoms with Crippen LogP contribution in [0.15, 0.2) is 53.2 Å². The van der Waals surface area contributed by atoms with E-state index in [9.17, 15) is 4.79 Å². The van der Waals surface area contributed by atoms with Crippen LogP contribution in [0, 0.1) is 6.92 Å². The van der Waals surface area contributed by atoms with Gasteiger partial charge in [0.2, 0.25) is 5.89 Å². The molecule has 0 aliphatic heterocycles. The highest BCUT2D eigenvalue weighted by Crippen LogP contribution is 2.22. The Kier molecular flexibility index (Phi) is 4.65. The Labute approximate surface area is 162 Å². The number of carbonyl (C=O) groups excluding carboxylic acids is 1.